The zero-order valence-corrected chi connectivity index (χ0v) is 13.3. The van der Waals surface area contributed by atoms with E-state index >= 15 is 0 Å². The first-order chi connectivity index (χ1) is 11.7. The van der Waals surface area contributed by atoms with E-state index in [1.807, 2.05) is 49.4 Å². The third kappa shape index (κ3) is 2.27. The highest BCUT2D eigenvalue weighted by molar-refractivity contribution is 6.05. The van der Waals surface area contributed by atoms with Crippen molar-refractivity contribution < 1.29 is 19.0 Å². The molecule has 0 aliphatic carbocycles. The highest BCUT2D eigenvalue weighted by Crippen LogP contribution is 2.42. The Hall–Kier alpha value is -2.73. The molecule has 1 amide bonds. The summed E-state index contributed by atoms with van der Waals surface area (Å²) >= 11 is 0. The second kappa shape index (κ2) is 5.72. The largest absolute Gasteiger partial charge is 0.494 e. The van der Waals surface area contributed by atoms with Crippen molar-refractivity contribution in [2.45, 2.75) is 19.0 Å². The van der Waals surface area contributed by atoms with Gasteiger partial charge in [-0.05, 0) is 48.9 Å². The zero-order valence-electron chi connectivity index (χ0n) is 13.3. The number of rotatable bonds is 4. The van der Waals surface area contributed by atoms with Crippen molar-refractivity contribution in [2.24, 2.45) is 5.73 Å². The normalized spacial score (nSPS) is 21.6. The molecule has 2 aromatic rings. The summed E-state index contributed by atoms with van der Waals surface area (Å²) in [5.74, 6) is 2.08. The quantitative estimate of drug-likeness (QED) is 0.872. The maximum atomic E-state index is 12.3. The first kappa shape index (κ1) is 14.8. The molecule has 0 aromatic heterocycles. The molecule has 6 nitrogen and oxygen atoms in total. The van der Waals surface area contributed by atoms with Crippen LogP contribution in [0, 0.1) is 0 Å². The van der Waals surface area contributed by atoms with Gasteiger partial charge in [-0.3, -0.25) is 4.79 Å². The molecule has 2 aliphatic heterocycles. The molecule has 0 spiro atoms. The number of nitrogens with zero attached hydrogens (tertiary/aromatic N) is 1. The van der Waals surface area contributed by atoms with E-state index in [-0.39, 0.29) is 18.7 Å². The lowest BCUT2D eigenvalue weighted by molar-refractivity contribution is -0.126. The van der Waals surface area contributed by atoms with Crippen LogP contribution in [0.1, 0.15) is 18.5 Å². The third-order valence-corrected chi connectivity index (χ3v) is 4.30. The van der Waals surface area contributed by atoms with Gasteiger partial charge < -0.3 is 24.8 Å². The summed E-state index contributed by atoms with van der Waals surface area (Å²) in [5.41, 5.74) is 7.79. The summed E-state index contributed by atoms with van der Waals surface area (Å²) in [6.07, 6.45) is 0. The van der Waals surface area contributed by atoms with Crippen molar-refractivity contribution >= 4 is 11.6 Å². The van der Waals surface area contributed by atoms with Gasteiger partial charge in [0.1, 0.15) is 11.8 Å². The Labute approximate surface area is 139 Å². The monoisotopic (exact) mass is 326 g/mol. The molecular weight excluding hydrogens is 308 g/mol. The molecule has 1 saturated heterocycles. The number of amides is 1. The lowest BCUT2D eigenvalue weighted by Gasteiger charge is -2.45. The molecule has 4 rings (SSSR count). The number of ether oxygens (including phenoxy) is 3. The van der Waals surface area contributed by atoms with Crippen molar-refractivity contribution in [2.75, 3.05) is 18.3 Å². The van der Waals surface area contributed by atoms with Crippen LogP contribution < -0.4 is 24.8 Å². The highest BCUT2D eigenvalue weighted by atomic mass is 16.7. The number of benzene rings is 2. The molecule has 0 radical (unpaired) electrons. The number of nitrogens with two attached hydrogens (primary N) is 1. The maximum absolute atomic E-state index is 12.3. The first-order valence-corrected chi connectivity index (χ1v) is 7.90. The van der Waals surface area contributed by atoms with E-state index in [9.17, 15) is 4.79 Å². The van der Waals surface area contributed by atoms with Gasteiger partial charge >= 0.3 is 0 Å². The van der Waals surface area contributed by atoms with E-state index in [1.165, 1.54) is 0 Å². The SMILES string of the molecule is CCOc1ccc(N2C(=O)[C@H](N)[C@H]2c2ccc3c(c2)OCO3)cc1. The van der Waals surface area contributed by atoms with Gasteiger partial charge in [-0.2, -0.15) is 0 Å². The van der Waals surface area contributed by atoms with Gasteiger partial charge in [0.2, 0.25) is 12.7 Å². The van der Waals surface area contributed by atoms with Crippen molar-refractivity contribution in [1.29, 1.82) is 0 Å². The van der Waals surface area contributed by atoms with E-state index in [2.05, 4.69) is 0 Å². The standard InChI is InChI=1S/C18H18N2O4/c1-2-22-13-6-4-12(5-7-13)20-17(16(19)18(20)21)11-3-8-14-15(9-11)24-10-23-14/h3-9,16-17H,2,10,19H2,1H3/t16-,17-/m1/s1. The molecule has 0 unspecified atom stereocenters. The van der Waals surface area contributed by atoms with E-state index in [1.54, 1.807) is 4.90 Å². The van der Waals surface area contributed by atoms with E-state index in [0.29, 0.717) is 18.1 Å². The average molecular weight is 326 g/mol. The number of fused-ring (bicyclic) bond motifs is 1. The molecule has 1 fully saturated rings. The molecular formula is C18H18N2O4. The summed E-state index contributed by atoms with van der Waals surface area (Å²) in [6.45, 7) is 2.76. The fraction of sp³-hybridized carbons (Fsp3) is 0.278. The lowest BCUT2D eigenvalue weighted by Crippen LogP contribution is -2.63. The number of carbonyl (C=O) groups excluding carboxylic acids is 1. The number of hydrogen-bond donors (Lipinski definition) is 1. The number of anilines is 1. The highest BCUT2D eigenvalue weighted by Gasteiger charge is 2.47. The minimum Gasteiger partial charge on any atom is -0.494 e. The number of β-lactam (4-membered cyclic amide) rings is 1. The van der Waals surface area contributed by atoms with Crippen LogP contribution in [-0.2, 0) is 4.79 Å². The second-order valence-corrected chi connectivity index (χ2v) is 5.72. The number of carbonyl (C=O) groups is 1. The van der Waals surface area contributed by atoms with Gasteiger partial charge in [0.05, 0.1) is 12.6 Å². The van der Waals surface area contributed by atoms with Crippen LogP contribution in [0.15, 0.2) is 42.5 Å². The molecule has 2 N–H and O–H groups in total. The van der Waals surface area contributed by atoms with Gasteiger partial charge in [0, 0.05) is 5.69 Å². The fourth-order valence-electron chi connectivity index (χ4n) is 3.12. The molecule has 24 heavy (non-hydrogen) atoms. The minimum atomic E-state index is -0.558. The predicted octanol–water partition coefficient (Wildman–Crippen LogP) is 2.23. The summed E-state index contributed by atoms with van der Waals surface area (Å²) in [4.78, 5) is 14.0. The van der Waals surface area contributed by atoms with E-state index in [0.717, 1.165) is 17.0 Å². The van der Waals surface area contributed by atoms with Gasteiger partial charge in [-0.15, -0.1) is 0 Å². The Morgan fingerprint density at radius 3 is 2.67 bits per heavy atom. The Morgan fingerprint density at radius 1 is 1.17 bits per heavy atom. The van der Waals surface area contributed by atoms with Gasteiger partial charge in [-0.25, -0.2) is 0 Å². The molecule has 2 heterocycles. The Balaban J connectivity index is 1.63. The van der Waals surface area contributed by atoms with Crippen LogP contribution in [0.4, 0.5) is 5.69 Å². The van der Waals surface area contributed by atoms with Gasteiger partial charge in [0.25, 0.3) is 0 Å². The van der Waals surface area contributed by atoms with Gasteiger partial charge in [-0.1, -0.05) is 6.07 Å². The van der Waals surface area contributed by atoms with Crippen molar-refractivity contribution in [3.05, 3.63) is 48.0 Å². The summed E-state index contributed by atoms with van der Waals surface area (Å²) < 4.78 is 16.2. The van der Waals surface area contributed by atoms with Gasteiger partial charge in [0.15, 0.2) is 11.5 Å². The zero-order chi connectivity index (χ0) is 16.7. The molecule has 0 saturated carbocycles. The fourth-order valence-corrected chi connectivity index (χ4v) is 3.12. The Morgan fingerprint density at radius 2 is 1.92 bits per heavy atom. The van der Waals surface area contributed by atoms with Crippen LogP contribution in [-0.4, -0.2) is 25.3 Å². The van der Waals surface area contributed by atoms with E-state index < -0.39 is 6.04 Å². The first-order valence-electron chi connectivity index (χ1n) is 7.90. The average Bonchev–Trinajstić information content (AvgIpc) is 3.07. The van der Waals surface area contributed by atoms with Crippen LogP contribution in [0.2, 0.25) is 0 Å². The molecule has 0 bridgehead atoms. The van der Waals surface area contributed by atoms with Crippen molar-refractivity contribution in [3.63, 3.8) is 0 Å². The van der Waals surface area contributed by atoms with Crippen LogP contribution in [0.5, 0.6) is 17.2 Å². The second-order valence-electron chi connectivity index (χ2n) is 5.72. The molecule has 124 valence electrons. The minimum absolute atomic E-state index is 0.0955. The maximum Gasteiger partial charge on any atom is 0.247 e. The third-order valence-electron chi connectivity index (χ3n) is 4.30. The smallest absolute Gasteiger partial charge is 0.247 e. The van der Waals surface area contributed by atoms with Crippen molar-refractivity contribution in [1.82, 2.24) is 0 Å². The summed E-state index contributed by atoms with van der Waals surface area (Å²) in [5, 5.41) is 0. The predicted molar refractivity (Wildman–Crippen MR) is 88.4 cm³/mol. The summed E-state index contributed by atoms with van der Waals surface area (Å²) in [7, 11) is 0. The van der Waals surface area contributed by atoms with Crippen molar-refractivity contribution in [3.8, 4) is 17.2 Å². The molecule has 2 aliphatic rings. The van der Waals surface area contributed by atoms with Crippen LogP contribution in [0.25, 0.3) is 0 Å². The van der Waals surface area contributed by atoms with Crippen LogP contribution in [0.3, 0.4) is 0 Å². The molecule has 2 aromatic carbocycles. The Kier molecular flexibility index (Phi) is 3.54. The lowest BCUT2D eigenvalue weighted by atomic mass is 9.88. The molecule has 6 heteroatoms. The summed E-state index contributed by atoms with van der Waals surface area (Å²) in [6, 6.07) is 12.3. The molecule has 2 atom stereocenters. The topological polar surface area (TPSA) is 74.0 Å². The Bertz CT molecular complexity index is 775. The van der Waals surface area contributed by atoms with E-state index in [4.69, 9.17) is 19.9 Å². The van der Waals surface area contributed by atoms with Crippen LogP contribution >= 0.6 is 0 Å². The number of hydrogen-bond acceptors (Lipinski definition) is 5.